The van der Waals surface area contributed by atoms with Gasteiger partial charge in [0.15, 0.2) is 6.61 Å². The Bertz CT molecular complexity index is 705. The van der Waals surface area contributed by atoms with Crippen LogP contribution in [0, 0.1) is 0 Å². The van der Waals surface area contributed by atoms with Gasteiger partial charge in [-0.05, 0) is 43.3 Å². The quantitative estimate of drug-likeness (QED) is 0.778. The lowest BCUT2D eigenvalue weighted by molar-refractivity contribution is -0.123. The Hall–Kier alpha value is -2.21. The van der Waals surface area contributed by atoms with Crippen molar-refractivity contribution in [1.82, 2.24) is 5.32 Å². The van der Waals surface area contributed by atoms with Crippen molar-refractivity contribution in [3.05, 3.63) is 52.5 Å². The van der Waals surface area contributed by atoms with E-state index < -0.39 is 0 Å². The molecule has 0 aliphatic rings. The molecule has 0 heterocycles. The topological polar surface area (TPSA) is 56.8 Å². The van der Waals surface area contributed by atoms with Gasteiger partial charge in [0.2, 0.25) is 0 Å². The summed E-state index contributed by atoms with van der Waals surface area (Å²) in [4.78, 5) is 12.1. The average Bonchev–Trinajstić information content (AvgIpc) is 2.59. The van der Waals surface area contributed by atoms with E-state index in [4.69, 9.17) is 14.2 Å². The minimum absolute atomic E-state index is 0.0624. The first kappa shape index (κ1) is 18.1. The molecule has 0 saturated heterocycles. The molecule has 0 saturated carbocycles. The SMILES string of the molecule is COc1ccc(OC)c([C@@H](C)NC(=O)COc2cccc(Br)c2)c1. The first-order valence-corrected chi connectivity index (χ1v) is 8.22. The number of benzene rings is 2. The normalized spacial score (nSPS) is 11.5. The van der Waals surface area contributed by atoms with Gasteiger partial charge in [-0.25, -0.2) is 0 Å². The van der Waals surface area contributed by atoms with Crippen molar-refractivity contribution < 1.29 is 19.0 Å². The van der Waals surface area contributed by atoms with Crippen molar-refractivity contribution in [2.75, 3.05) is 20.8 Å². The lowest BCUT2D eigenvalue weighted by Crippen LogP contribution is -2.31. The van der Waals surface area contributed by atoms with Crippen LogP contribution >= 0.6 is 15.9 Å². The molecular weight excluding hydrogens is 374 g/mol. The van der Waals surface area contributed by atoms with E-state index in [0.717, 1.165) is 10.0 Å². The maximum atomic E-state index is 12.1. The molecule has 1 amide bonds. The van der Waals surface area contributed by atoms with Gasteiger partial charge in [0, 0.05) is 10.0 Å². The maximum Gasteiger partial charge on any atom is 0.258 e. The Labute approximate surface area is 150 Å². The van der Waals surface area contributed by atoms with E-state index in [1.807, 2.05) is 43.3 Å². The fraction of sp³-hybridized carbons (Fsp3) is 0.278. The van der Waals surface area contributed by atoms with Crippen molar-refractivity contribution in [1.29, 1.82) is 0 Å². The summed E-state index contributed by atoms with van der Waals surface area (Å²) in [6, 6.07) is 12.6. The van der Waals surface area contributed by atoms with E-state index in [2.05, 4.69) is 21.2 Å². The van der Waals surface area contributed by atoms with Gasteiger partial charge in [-0.15, -0.1) is 0 Å². The molecule has 0 unspecified atom stereocenters. The molecule has 2 rings (SSSR count). The summed E-state index contributed by atoms with van der Waals surface area (Å²) in [5.74, 6) is 1.81. The Morgan fingerprint density at radius 3 is 2.58 bits per heavy atom. The molecule has 2 aromatic rings. The van der Waals surface area contributed by atoms with Gasteiger partial charge in [-0.1, -0.05) is 22.0 Å². The van der Waals surface area contributed by atoms with Crippen LogP contribution in [0.4, 0.5) is 0 Å². The predicted octanol–water partition coefficient (Wildman–Crippen LogP) is 3.72. The van der Waals surface area contributed by atoms with Crippen LogP contribution in [0.2, 0.25) is 0 Å². The number of carbonyl (C=O) groups is 1. The molecule has 6 heteroatoms. The fourth-order valence-corrected chi connectivity index (χ4v) is 2.62. The van der Waals surface area contributed by atoms with Crippen LogP contribution in [0.1, 0.15) is 18.5 Å². The van der Waals surface area contributed by atoms with Gasteiger partial charge in [0.1, 0.15) is 17.2 Å². The lowest BCUT2D eigenvalue weighted by atomic mass is 10.1. The van der Waals surface area contributed by atoms with E-state index >= 15 is 0 Å². The first-order valence-electron chi connectivity index (χ1n) is 7.43. The number of ether oxygens (including phenoxy) is 3. The summed E-state index contributed by atoms with van der Waals surface area (Å²) >= 11 is 3.36. The van der Waals surface area contributed by atoms with E-state index in [9.17, 15) is 4.79 Å². The van der Waals surface area contributed by atoms with Crippen LogP contribution in [0.3, 0.4) is 0 Å². The van der Waals surface area contributed by atoms with Crippen molar-refractivity contribution in [2.24, 2.45) is 0 Å². The first-order chi connectivity index (χ1) is 11.5. The summed E-state index contributed by atoms with van der Waals surface area (Å²) in [7, 11) is 3.19. The fourth-order valence-electron chi connectivity index (χ4n) is 2.24. The Morgan fingerprint density at radius 2 is 1.92 bits per heavy atom. The summed E-state index contributed by atoms with van der Waals surface area (Å²) in [5.41, 5.74) is 0.840. The van der Waals surface area contributed by atoms with Crippen molar-refractivity contribution in [3.8, 4) is 17.2 Å². The van der Waals surface area contributed by atoms with Gasteiger partial charge in [0.25, 0.3) is 5.91 Å². The number of amides is 1. The molecule has 0 aliphatic heterocycles. The zero-order valence-electron chi connectivity index (χ0n) is 13.8. The Morgan fingerprint density at radius 1 is 1.12 bits per heavy atom. The molecule has 5 nitrogen and oxygen atoms in total. The molecule has 2 aromatic carbocycles. The van der Waals surface area contributed by atoms with Crippen LogP contribution < -0.4 is 19.5 Å². The largest absolute Gasteiger partial charge is 0.497 e. The third kappa shape index (κ3) is 4.89. The van der Waals surface area contributed by atoms with E-state index in [1.165, 1.54) is 0 Å². The second-order valence-electron chi connectivity index (χ2n) is 5.14. The number of rotatable bonds is 7. The number of carbonyl (C=O) groups excluding carboxylic acids is 1. The molecule has 0 fully saturated rings. The molecule has 0 spiro atoms. The molecule has 0 radical (unpaired) electrons. The summed E-state index contributed by atoms with van der Waals surface area (Å²) in [5, 5.41) is 2.90. The average molecular weight is 394 g/mol. The third-order valence-corrected chi connectivity index (χ3v) is 3.94. The van der Waals surface area contributed by atoms with Gasteiger partial charge >= 0.3 is 0 Å². The number of nitrogens with one attached hydrogen (secondary N) is 1. The van der Waals surface area contributed by atoms with Crippen LogP contribution in [-0.4, -0.2) is 26.7 Å². The molecule has 1 N–H and O–H groups in total. The van der Waals surface area contributed by atoms with Crippen molar-refractivity contribution >= 4 is 21.8 Å². The number of hydrogen-bond acceptors (Lipinski definition) is 4. The molecule has 1 atom stereocenters. The van der Waals surface area contributed by atoms with Gasteiger partial charge in [-0.2, -0.15) is 0 Å². The molecule has 24 heavy (non-hydrogen) atoms. The molecule has 128 valence electrons. The predicted molar refractivity (Wildman–Crippen MR) is 95.7 cm³/mol. The monoisotopic (exact) mass is 393 g/mol. The third-order valence-electron chi connectivity index (χ3n) is 3.45. The maximum absolute atomic E-state index is 12.1. The van der Waals surface area contributed by atoms with E-state index in [1.54, 1.807) is 20.3 Å². The van der Waals surface area contributed by atoms with Crippen molar-refractivity contribution in [3.63, 3.8) is 0 Å². The standard InChI is InChI=1S/C18H20BrNO4/c1-12(16-10-14(22-2)7-8-17(16)23-3)20-18(21)11-24-15-6-4-5-13(19)9-15/h4-10,12H,11H2,1-3H3,(H,20,21)/t12-/m1/s1. The van der Waals surface area contributed by atoms with Crippen molar-refractivity contribution in [2.45, 2.75) is 13.0 Å². The summed E-state index contributed by atoms with van der Waals surface area (Å²) < 4.78 is 17.0. The smallest absolute Gasteiger partial charge is 0.258 e. The molecule has 0 aliphatic carbocycles. The highest BCUT2D eigenvalue weighted by molar-refractivity contribution is 9.10. The Balaban J connectivity index is 1.98. The Kier molecular flexibility index (Phi) is 6.49. The minimum Gasteiger partial charge on any atom is -0.497 e. The van der Waals surface area contributed by atoms with Crippen LogP contribution in [-0.2, 0) is 4.79 Å². The van der Waals surface area contributed by atoms with Crippen LogP contribution in [0.5, 0.6) is 17.2 Å². The zero-order valence-corrected chi connectivity index (χ0v) is 15.4. The number of hydrogen-bond donors (Lipinski definition) is 1. The zero-order chi connectivity index (χ0) is 17.5. The number of halogens is 1. The van der Waals surface area contributed by atoms with Gasteiger partial charge in [0.05, 0.1) is 20.3 Å². The summed E-state index contributed by atoms with van der Waals surface area (Å²) in [6.45, 7) is 1.82. The second-order valence-corrected chi connectivity index (χ2v) is 6.06. The van der Waals surface area contributed by atoms with Gasteiger partial charge < -0.3 is 19.5 Å². The van der Waals surface area contributed by atoms with E-state index in [0.29, 0.717) is 17.2 Å². The minimum atomic E-state index is -0.242. The highest BCUT2D eigenvalue weighted by atomic mass is 79.9. The summed E-state index contributed by atoms with van der Waals surface area (Å²) in [6.07, 6.45) is 0. The second kappa shape index (κ2) is 8.59. The van der Waals surface area contributed by atoms with Crippen LogP contribution in [0.15, 0.2) is 46.9 Å². The highest BCUT2D eigenvalue weighted by Gasteiger charge is 2.15. The van der Waals surface area contributed by atoms with Crippen LogP contribution in [0.25, 0.3) is 0 Å². The molecule has 0 aromatic heterocycles. The number of methoxy groups -OCH3 is 2. The van der Waals surface area contributed by atoms with E-state index in [-0.39, 0.29) is 18.6 Å². The molecular formula is C18H20BrNO4. The highest BCUT2D eigenvalue weighted by Crippen LogP contribution is 2.29. The van der Waals surface area contributed by atoms with Gasteiger partial charge in [-0.3, -0.25) is 4.79 Å². The lowest BCUT2D eigenvalue weighted by Gasteiger charge is -2.18. The molecule has 0 bridgehead atoms.